The summed E-state index contributed by atoms with van der Waals surface area (Å²) < 4.78 is 48.6. The molecule has 1 heterocycles. The molecule has 0 aliphatic rings. The fourth-order valence-corrected chi connectivity index (χ4v) is 3.26. The Bertz CT molecular complexity index is 1250. The highest BCUT2D eigenvalue weighted by Crippen LogP contribution is 2.32. The number of fused-ring (bicyclic) bond motifs is 1. The zero-order valence-corrected chi connectivity index (χ0v) is 19.4. The zero-order chi connectivity index (χ0) is 23.6. The molecule has 0 saturated heterocycles. The Hall–Kier alpha value is -2.89. The van der Waals surface area contributed by atoms with Gasteiger partial charge in [-0.3, -0.25) is 9.59 Å². The number of carbonyl (C=O) groups is 1. The molecule has 0 unspecified atom stereocenters. The van der Waals surface area contributed by atoms with E-state index in [1.54, 1.807) is 0 Å². The van der Waals surface area contributed by atoms with E-state index in [1.165, 1.54) is 12.1 Å². The average molecular weight is 529 g/mol. The van der Waals surface area contributed by atoms with Crippen molar-refractivity contribution < 1.29 is 22.4 Å². The van der Waals surface area contributed by atoms with Crippen molar-refractivity contribution in [3.8, 4) is 11.3 Å². The topological polar surface area (TPSA) is 137 Å². The molecule has 0 saturated carbocycles. The summed E-state index contributed by atoms with van der Waals surface area (Å²) in [6, 6.07) is 3.79. The number of halogens is 4. The van der Waals surface area contributed by atoms with E-state index in [2.05, 4.69) is 5.32 Å². The van der Waals surface area contributed by atoms with E-state index in [9.17, 15) is 22.8 Å². The molecule has 0 aliphatic carbocycles. The van der Waals surface area contributed by atoms with Crippen LogP contribution in [-0.2, 0) is 4.79 Å². The molecule has 178 valence electrons. The van der Waals surface area contributed by atoms with Gasteiger partial charge in [-0.1, -0.05) is 6.42 Å². The molecule has 0 radical (unpaired) electrons. The lowest BCUT2D eigenvalue weighted by atomic mass is 10.1. The minimum absolute atomic E-state index is 0. The van der Waals surface area contributed by atoms with Crippen molar-refractivity contribution in [3.63, 3.8) is 0 Å². The van der Waals surface area contributed by atoms with Crippen molar-refractivity contribution in [1.29, 1.82) is 0 Å². The summed E-state index contributed by atoms with van der Waals surface area (Å²) in [4.78, 5) is 24.6. The Morgan fingerprint density at radius 1 is 1.15 bits per heavy atom. The number of anilines is 2. The van der Waals surface area contributed by atoms with Crippen molar-refractivity contribution >= 4 is 45.2 Å². The Balaban J connectivity index is 0.00000385. The van der Waals surface area contributed by atoms with Gasteiger partial charge in [0.15, 0.2) is 22.6 Å². The minimum atomic E-state index is -1.07. The van der Waals surface area contributed by atoms with Crippen molar-refractivity contribution in [2.75, 3.05) is 17.6 Å². The molecule has 7 nitrogen and oxygen atoms in total. The van der Waals surface area contributed by atoms with Crippen molar-refractivity contribution in [2.24, 2.45) is 11.5 Å². The normalized spacial score (nSPS) is 11.8. The van der Waals surface area contributed by atoms with Gasteiger partial charge in [0.25, 0.3) is 0 Å². The van der Waals surface area contributed by atoms with Crippen LogP contribution >= 0.6 is 17.0 Å². The van der Waals surface area contributed by atoms with E-state index in [0.29, 0.717) is 19.4 Å². The standard InChI is InChI=1S/C22H23F3N4O3.BrH/c1-10-18(24)20(28)17-15(30)9-16(32-21(17)19(10)25)11-5-6-14(12(23)8-11)29-22(31)13(27)4-2-3-7-26;/h5-6,8-9,13H,2-4,7,26-28H2,1H3,(H,29,31);1H/t13-;/m0./s1. The van der Waals surface area contributed by atoms with Crippen LogP contribution in [0.4, 0.5) is 24.5 Å². The molecule has 7 N–H and O–H groups in total. The highest BCUT2D eigenvalue weighted by Gasteiger charge is 2.21. The van der Waals surface area contributed by atoms with E-state index in [4.69, 9.17) is 21.6 Å². The maximum absolute atomic E-state index is 14.6. The Labute approximate surface area is 197 Å². The zero-order valence-electron chi connectivity index (χ0n) is 17.7. The second-order valence-electron chi connectivity index (χ2n) is 7.42. The van der Waals surface area contributed by atoms with Crippen LogP contribution in [-0.4, -0.2) is 18.5 Å². The second-order valence-corrected chi connectivity index (χ2v) is 7.42. The third-order valence-corrected chi connectivity index (χ3v) is 5.13. The van der Waals surface area contributed by atoms with Gasteiger partial charge in [0.05, 0.1) is 22.8 Å². The largest absolute Gasteiger partial charge is 0.453 e. The summed E-state index contributed by atoms with van der Waals surface area (Å²) in [6.07, 6.45) is 1.79. The molecule has 0 spiro atoms. The number of nitrogens with one attached hydrogen (secondary N) is 1. The molecule has 0 bridgehead atoms. The smallest absolute Gasteiger partial charge is 0.241 e. The van der Waals surface area contributed by atoms with Crippen LogP contribution in [0.25, 0.3) is 22.3 Å². The minimum Gasteiger partial charge on any atom is -0.453 e. The number of nitrogen functional groups attached to an aromatic ring is 1. The van der Waals surface area contributed by atoms with Gasteiger partial charge in [0.2, 0.25) is 5.91 Å². The fraction of sp³-hybridized carbons (Fsp3) is 0.273. The van der Waals surface area contributed by atoms with Gasteiger partial charge in [0, 0.05) is 17.2 Å². The summed E-state index contributed by atoms with van der Waals surface area (Å²) in [5, 5.41) is 1.98. The first-order chi connectivity index (χ1) is 15.1. The molecule has 1 atom stereocenters. The van der Waals surface area contributed by atoms with Gasteiger partial charge in [-0.15, -0.1) is 17.0 Å². The number of benzene rings is 2. The third-order valence-electron chi connectivity index (χ3n) is 5.13. The number of carbonyl (C=O) groups excluding carboxylic acids is 1. The molecule has 11 heteroatoms. The fourth-order valence-electron chi connectivity index (χ4n) is 3.26. The molecule has 3 aromatic rings. The van der Waals surface area contributed by atoms with Crippen molar-refractivity contribution in [3.05, 3.63) is 57.5 Å². The highest BCUT2D eigenvalue weighted by atomic mass is 79.9. The van der Waals surface area contributed by atoms with Crippen LogP contribution < -0.4 is 27.9 Å². The SMILES string of the molecule is Br.Cc1c(F)c(N)c2c(=O)cc(-c3ccc(NC(=O)[C@@H](N)CCCCN)c(F)c3)oc2c1F. The van der Waals surface area contributed by atoms with Gasteiger partial charge in [-0.2, -0.15) is 0 Å². The number of nitrogens with two attached hydrogens (primary N) is 3. The Morgan fingerprint density at radius 3 is 2.48 bits per heavy atom. The molecular formula is C22H24BrF3N4O3. The Morgan fingerprint density at radius 2 is 1.85 bits per heavy atom. The molecule has 1 aromatic heterocycles. The van der Waals surface area contributed by atoms with Crippen LogP contribution in [0, 0.1) is 24.4 Å². The highest BCUT2D eigenvalue weighted by molar-refractivity contribution is 8.93. The second kappa shape index (κ2) is 10.8. The number of rotatable bonds is 7. The van der Waals surface area contributed by atoms with Crippen LogP contribution in [0.2, 0.25) is 0 Å². The first-order valence-electron chi connectivity index (χ1n) is 9.93. The molecule has 0 aliphatic heterocycles. The summed E-state index contributed by atoms with van der Waals surface area (Å²) in [6.45, 7) is 1.64. The van der Waals surface area contributed by atoms with Gasteiger partial charge in [0.1, 0.15) is 11.6 Å². The molecule has 33 heavy (non-hydrogen) atoms. The van der Waals surface area contributed by atoms with E-state index in [-0.39, 0.29) is 34.0 Å². The number of unbranched alkanes of at least 4 members (excludes halogenated alkanes) is 1. The molecule has 0 fully saturated rings. The molecule has 1 amide bonds. The van der Waals surface area contributed by atoms with Crippen LogP contribution in [0.15, 0.2) is 33.5 Å². The summed E-state index contributed by atoms with van der Waals surface area (Å²) in [5.74, 6) is -3.63. The van der Waals surface area contributed by atoms with E-state index in [1.807, 2.05) is 0 Å². The van der Waals surface area contributed by atoms with Crippen LogP contribution in [0.5, 0.6) is 0 Å². The van der Waals surface area contributed by atoms with Gasteiger partial charge < -0.3 is 26.9 Å². The number of hydrogen-bond donors (Lipinski definition) is 4. The van der Waals surface area contributed by atoms with E-state index in [0.717, 1.165) is 25.5 Å². The third kappa shape index (κ3) is 5.37. The first kappa shape index (κ1) is 26.4. The lowest BCUT2D eigenvalue weighted by molar-refractivity contribution is -0.117. The van der Waals surface area contributed by atoms with E-state index < -0.39 is 57.0 Å². The predicted molar refractivity (Wildman–Crippen MR) is 127 cm³/mol. The molecule has 3 rings (SSSR count). The lowest BCUT2D eigenvalue weighted by Gasteiger charge is -2.13. The van der Waals surface area contributed by atoms with Crippen molar-refractivity contribution in [2.45, 2.75) is 32.2 Å². The van der Waals surface area contributed by atoms with Gasteiger partial charge >= 0.3 is 0 Å². The summed E-state index contributed by atoms with van der Waals surface area (Å²) >= 11 is 0. The molecular weight excluding hydrogens is 505 g/mol. The first-order valence-corrected chi connectivity index (χ1v) is 9.93. The predicted octanol–water partition coefficient (Wildman–Crippen LogP) is 3.74. The van der Waals surface area contributed by atoms with E-state index >= 15 is 0 Å². The quantitative estimate of drug-likeness (QED) is 0.272. The van der Waals surface area contributed by atoms with Gasteiger partial charge in [-0.25, -0.2) is 13.2 Å². The van der Waals surface area contributed by atoms with Gasteiger partial charge in [-0.05, 0) is 44.5 Å². The average Bonchev–Trinajstić information content (AvgIpc) is 2.77. The number of amides is 1. The maximum atomic E-state index is 14.6. The maximum Gasteiger partial charge on any atom is 0.241 e. The molecule has 2 aromatic carbocycles. The summed E-state index contributed by atoms with van der Waals surface area (Å²) in [7, 11) is 0. The van der Waals surface area contributed by atoms with Crippen molar-refractivity contribution in [1.82, 2.24) is 0 Å². The Kier molecular flexibility index (Phi) is 8.64. The summed E-state index contributed by atoms with van der Waals surface area (Å²) in [5.41, 5.74) is 14.6. The lowest BCUT2D eigenvalue weighted by Crippen LogP contribution is -2.35. The number of hydrogen-bond acceptors (Lipinski definition) is 6. The monoisotopic (exact) mass is 528 g/mol. The van der Waals surface area contributed by atoms with Crippen LogP contribution in [0.1, 0.15) is 24.8 Å². The van der Waals surface area contributed by atoms with Crippen LogP contribution in [0.3, 0.4) is 0 Å².